The maximum atomic E-state index is 12.4. The van der Waals surface area contributed by atoms with Gasteiger partial charge in [-0.1, -0.05) is 31.0 Å². The molecule has 0 bridgehead atoms. The van der Waals surface area contributed by atoms with Crippen LogP contribution in [0.1, 0.15) is 45.1 Å². The molecule has 6 heteroatoms. The highest BCUT2D eigenvalue weighted by molar-refractivity contribution is 5.97. The van der Waals surface area contributed by atoms with Gasteiger partial charge in [-0.3, -0.25) is 14.4 Å². The van der Waals surface area contributed by atoms with Crippen molar-refractivity contribution in [3.05, 3.63) is 29.8 Å². The molecule has 3 amide bonds. The van der Waals surface area contributed by atoms with Gasteiger partial charge in [0.15, 0.2) is 0 Å². The van der Waals surface area contributed by atoms with Crippen LogP contribution in [0, 0.1) is 5.92 Å². The largest absolute Gasteiger partial charge is 0.344 e. The minimum atomic E-state index is -0.605. The van der Waals surface area contributed by atoms with Gasteiger partial charge in [0.05, 0.1) is 0 Å². The van der Waals surface area contributed by atoms with Crippen molar-refractivity contribution in [2.24, 2.45) is 5.92 Å². The molecule has 1 fully saturated rings. The van der Waals surface area contributed by atoms with Crippen molar-refractivity contribution in [3.63, 3.8) is 0 Å². The fourth-order valence-corrected chi connectivity index (χ4v) is 2.97. The molecule has 1 aliphatic rings. The molecular weight excluding hydrogens is 318 g/mol. The van der Waals surface area contributed by atoms with Gasteiger partial charge in [0.1, 0.15) is 6.04 Å². The van der Waals surface area contributed by atoms with Crippen LogP contribution in [0.15, 0.2) is 24.3 Å². The average molecular weight is 345 g/mol. The fraction of sp³-hybridized carbons (Fsp3) is 0.526. The number of nitrogens with one attached hydrogen (secondary N) is 2. The molecule has 0 spiro atoms. The molecular formula is C19H27N3O3. The van der Waals surface area contributed by atoms with E-state index in [1.54, 1.807) is 24.9 Å². The van der Waals surface area contributed by atoms with Crippen LogP contribution >= 0.6 is 0 Å². The predicted octanol–water partition coefficient (Wildman–Crippen LogP) is 2.30. The van der Waals surface area contributed by atoms with E-state index < -0.39 is 6.04 Å². The zero-order valence-corrected chi connectivity index (χ0v) is 15.2. The smallest absolute Gasteiger partial charge is 0.246 e. The Morgan fingerprint density at radius 1 is 1.20 bits per heavy atom. The molecule has 0 aromatic heterocycles. The first-order chi connectivity index (χ1) is 11.9. The summed E-state index contributed by atoms with van der Waals surface area (Å²) in [6, 6.07) is 6.76. The van der Waals surface area contributed by atoms with Gasteiger partial charge in [-0.15, -0.1) is 0 Å². The van der Waals surface area contributed by atoms with E-state index in [0.29, 0.717) is 12.2 Å². The standard InChI is InChI=1S/C19H27N3O3/c1-13(20-19(25)15-8-4-5-9-15)18(24)21-17-11-7-6-10-16(17)12-22(3)14(2)23/h6-7,10-11,13,15H,4-5,8-9,12H2,1-3H3,(H,20,25)(H,21,24). The molecule has 136 valence electrons. The number of amides is 3. The Balaban J connectivity index is 1.97. The summed E-state index contributed by atoms with van der Waals surface area (Å²) in [5.74, 6) is -0.306. The lowest BCUT2D eigenvalue weighted by molar-refractivity contribution is -0.129. The Morgan fingerprint density at radius 2 is 1.84 bits per heavy atom. The summed E-state index contributed by atoms with van der Waals surface area (Å²) in [5.41, 5.74) is 1.51. The van der Waals surface area contributed by atoms with E-state index in [9.17, 15) is 14.4 Å². The quantitative estimate of drug-likeness (QED) is 0.830. The molecule has 0 heterocycles. The lowest BCUT2D eigenvalue weighted by Gasteiger charge is -2.20. The SMILES string of the molecule is CC(=O)N(C)Cc1ccccc1NC(=O)C(C)NC(=O)C1CCCC1. The number of hydrogen-bond acceptors (Lipinski definition) is 3. The van der Waals surface area contributed by atoms with Crippen molar-refractivity contribution in [1.82, 2.24) is 10.2 Å². The number of para-hydroxylation sites is 1. The number of nitrogens with zero attached hydrogens (tertiary/aromatic N) is 1. The van der Waals surface area contributed by atoms with Crippen LogP contribution < -0.4 is 10.6 Å². The van der Waals surface area contributed by atoms with Gasteiger partial charge in [0.2, 0.25) is 17.7 Å². The minimum Gasteiger partial charge on any atom is -0.344 e. The van der Waals surface area contributed by atoms with Crippen LogP contribution in [0.25, 0.3) is 0 Å². The number of anilines is 1. The highest BCUT2D eigenvalue weighted by atomic mass is 16.2. The summed E-state index contributed by atoms with van der Waals surface area (Å²) in [4.78, 5) is 37.6. The summed E-state index contributed by atoms with van der Waals surface area (Å²) >= 11 is 0. The lowest BCUT2D eigenvalue weighted by atomic mass is 10.1. The summed E-state index contributed by atoms with van der Waals surface area (Å²) in [6.45, 7) is 3.60. The first kappa shape index (κ1) is 19.0. The monoisotopic (exact) mass is 345 g/mol. The van der Waals surface area contributed by atoms with Crippen LogP contribution in [0.3, 0.4) is 0 Å². The summed E-state index contributed by atoms with van der Waals surface area (Å²) in [7, 11) is 1.71. The first-order valence-corrected chi connectivity index (χ1v) is 8.79. The van der Waals surface area contributed by atoms with E-state index in [0.717, 1.165) is 31.2 Å². The van der Waals surface area contributed by atoms with Gasteiger partial charge in [-0.2, -0.15) is 0 Å². The van der Waals surface area contributed by atoms with Crippen molar-refractivity contribution in [3.8, 4) is 0 Å². The average Bonchev–Trinajstić information content (AvgIpc) is 3.11. The minimum absolute atomic E-state index is 0.0340. The normalized spacial score (nSPS) is 15.5. The van der Waals surface area contributed by atoms with Crippen LogP contribution in [0.2, 0.25) is 0 Å². The van der Waals surface area contributed by atoms with Gasteiger partial charge in [-0.25, -0.2) is 0 Å². The number of carbonyl (C=O) groups is 3. The molecule has 1 aromatic carbocycles. The molecule has 0 aliphatic heterocycles. The molecule has 25 heavy (non-hydrogen) atoms. The van der Waals surface area contributed by atoms with Crippen LogP contribution in [-0.4, -0.2) is 35.7 Å². The zero-order valence-electron chi connectivity index (χ0n) is 15.2. The first-order valence-electron chi connectivity index (χ1n) is 8.79. The van der Waals surface area contributed by atoms with Crippen molar-refractivity contribution < 1.29 is 14.4 Å². The highest BCUT2D eigenvalue weighted by Gasteiger charge is 2.25. The van der Waals surface area contributed by atoms with E-state index in [1.165, 1.54) is 6.92 Å². The van der Waals surface area contributed by atoms with Crippen LogP contribution in [0.5, 0.6) is 0 Å². The maximum Gasteiger partial charge on any atom is 0.246 e. The molecule has 0 radical (unpaired) electrons. The Labute approximate surface area is 149 Å². The topological polar surface area (TPSA) is 78.5 Å². The predicted molar refractivity (Wildman–Crippen MR) is 96.8 cm³/mol. The van der Waals surface area contributed by atoms with Gasteiger partial charge >= 0.3 is 0 Å². The van der Waals surface area contributed by atoms with Gasteiger partial charge in [-0.05, 0) is 31.4 Å². The highest BCUT2D eigenvalue weighted by Crippen LogP contribution is 2.24. The van der Waals surface area contributed by atoms with Gasteiger partial charge < -0.3 is 15.5 Å². The third-order valence-electron chi connectivity index (χ3n) is 4.70. The zero-order chi connectivity index (χ0) is 18.4. The maximum absolute atomic E-state index is 12.4. The van der Waals surface area contributed by atoms with E-state index in [-0.39, 0.29) is 23.6 Å². The van der Waals surface area contributed by atoms with Gasteiger partial charge in [0.25, 0.3) is 0 Å². The Kier molecular flexibility index (Phi) is 6.56. The number of benzene rings is 1. The molecule has 1 saturated carbocycles. The van der Waals surface area contributed by atoms with E-state index in [2.05, 4.69) is 10.6 Å². The number of hydrogen-bond donors (Lipinski definition) is 2. The van der Waals surface area contributed by atoms with E-state index >= 15 is 0 Å². The van der Waals surface area contributed by atoms with Crippen molar-refractivity contribution in [1.29, 1.82) is 0 Å². The second-order valence-corrected chi connectivity index (χ2v) is 6.73. The number of carbonyl (C=O) groups excluding carboxylic acids is 3. The molecule has 1 aromatic rings. The number of rotatable bonds is 6. The lowest BCUT2D eigenvalue weighted by Crippen LogP contribution is -2.43. The molecule has 1 atom stereocenters. The molecule has 2 N–H and O–H groups in total. The molecule has 6 nitrogen and oxygen atoms in total. The molecule has 1 aliphatic carbocycles. The second-order valence-electron chi connectivity index (χ2n) is 6.73. The Bertz CT molecular complexity index is 639. The molecule has 1 unspecified atom stereocenters. The van der Waals surface area contributed by atoms with Crippen LogP contribution in [-0.2, 0) is 20.9 Å². The molecule has 2 rings (SSSR count). The van der Waals surface area contributed by atoms with Crippen molar-refractivity contribution in [2.45, 2.75) is 52.1 Å². The summed E-state index contributed by atoms with van der Waals surface area (Å²) in [6.07, 6.45) is 3.96. The van der Waals surface area contributed by atoms with Crippen molar-refractivity contribution in [2.75, 3.05) is 12.4 Å². The third-order valence-corrected chi connectivity index (χ3v) is 4.70. The van der Waals surface area contributed by atoms with E-state index in [1.807, 2.05) is 18.2 Å². The van der Waals surface area contributed by atoms with Crippen LogP contribution in [0.4, 0.5) is 5.69 Å². The van der Waals surface area contributed by atoms with E-state index in [4.69, 9.17) is 0 Å². The third kappa shape index (κ3) is 5.31. The second kappa shape index (κ2) is 8.65. The Hall–Kier alpha value is -2.37. The van der Waals surface area contributed by atoms with Crippen molar-refractivity contribution >= 4 is 23.4 Å². The van der Waals surface area contributed by atoms with Gasteiger partial charge in [0, 0.05) is 32.1 Å². The summed E-state index contributed by atoms with van der Waals surface area (Å²) < 4.78 is 0. The molecule has 0 saturated heterocycles. The Morgan fingerprint density at radius 3 is 2.48 bits per heavy atom. The fourth-order valence-electron chi connectivity index (χ4n) is 2.97. The summed E-state index contributed by atoms with van der Waals surface area (Å²) in [5, 5.41) is 5.66.